The first-order valence-corrected chi connectivity index (χ1v) is 10.6. The Hall–Kier alpha value is -3.31. The Morgan fingerprint density at radius 2 is 2.00 bits per heavy atom. The van der Waals surface area contributed by atoms with Gasteiger partial charge in [0.2, 0.25) is 5.13 Å². The Morgan fingerprint density at radius 3 is 2.71 bits per heavy atom. The van der Waals surface area contributed by atoms with E-state index >= 15 is 0 Å². The maximum Gasteiger partial charge on any atom is 0.312 e. The third kappa shape index (κ3) is 4.28. The molecule has 31 heavy (non-hydrogen) atoms. The molecule has 0 saturated carbocycles. The minimum absolute atomic E-state index is 0.0266. The number of anilines is 2. The fraction of sp³-hybridized carbons (Fsp3) is 0.263. The van der Waals surface area contributed by atoms with E-state index in [-0.39, 0.29) is 11.7 Å². The number of nitrogens with one attached hydrogen (secondary N) is 1. The van der Waals surface area contributed by atoms with Gasteiger partial charge in [-0.1, -0.05) is 41.1 Å². The van der Waals surface area contributed by atoms with Gasteiger partial charge in [-0.05, 0) is 32.4 Å². The van der Waals surface area contributed by atoms with Crippen LogP contribution in [0.2, 0.25) is 5.02 Å². The van der Waals surface area contributed by atoms with Crippen molar-refractivity contribution in [3.8, 4) is 0 Å². The summed E-state index contributed by atoms with van der Waals surface area (Å²) in [7, 11) is 0. The van der Waals surface area contributed by atoms with Crippen LogP contribution in [0.15, 0.2) is 36.5 Å². The Bertz CT molecular complexity index is 1250. The van der Waals surface area contributed by atoms with Crippen molar-refractivity contribution in [2.45, 2.75) is 33.4 Å². The predicted octanol–water partition coefficient (Wildman–Crippen LogP) is 4.51. The summed E-state index contributed by atoms with van der Waals surface area (Å²) in [5.74, 6) is 0.629. The highest BCUT2D eigenvalue weighted by molar-refractivity contribution is 7.15. The minimum Gasteiger partial charge on any atom is -0.313 e. The summed E-state index contributed by atoms with van der Waals surface area (Å²) in [6.45, 7) is 5.74. The molecule has 3 aromatic heterocycles. The van der Waals surface area contributed by atoms with E-state index in [0.29, 0.717) is 38.9 Å². The summed E-state index contributed by atoms with van der Waals surface area (Å²) >= 11 is 7.56. The number of hydrogen-bond donors (Lipinski definition) is 1. The maximum absolute atomic E-state index is 11.3. The van der Waals surface area contributed by atoms with Gasteiger partial charge in [0, 0.05) is 17.3 Å². The van der Waals surface area contributed by atoms with Crippen molar-refractivity contribution in [3.05, 3.63) is 73.6 Å². The first-order valence-electron chi connectivity index (χ1n) is 9.41. The highest BCUT2D eigenvalue weighted by Crippen LogP contribution is 2.30. The lowest BCUT2D eigenvalue weighted by Crippen LogP contribution is -2.10. The summed E-state index contributed by atoms with van der Waals surface area (Å²) in [4.78, 5) is 10.8. The molecule has 0 aliphatic carbocycles. The second-order valence-electron chi connectivity index (χ2n) is 6.96. The molecule has 10 nitrogen and oxygen atoms in total. The van der Waals surface area contributed by atoms with Gasteiger partial charge in [0.1, 0.15) is 22.4 Å². The van der Waals surface area contributed by atoms with E-state index in [1.54, 1.807) is 23.2 Å². The molecule has 160 valence electrons. The van der Waals surface area contributed by atoms with E-state index in [9.17, 15) is 10.1 Å². The number of nitro groups is 1. The van der Waals surface area contributed by atoms with Gasteiger partial charge in [0.15, 0.2) is 5.82 Å². The molecule has 0 saturated heterocycles. The fourth-order valence-electron chi connectivity index (χ4n) is 3.28. The standard InChI is InChI=1S/C19H19ClN8O2S/c1-11-17(28(29)30)12(2)27(24-11)13(3)18-22-23-19(31-18)21-16-8-9-26(25-16)10-14-6-4-5-7-15(14)20/h4-9,13H,10H2,1-3H3,(H,21,23,25)/t13-/m1/s1. The van der Waals surface area contributed by atoms with E-state index in [1.165, 1.54) is 11.3 Å². The average Bonchev–Trinajstić information content (AvgIpc) is 3.43. The lowest BCUT2D eigenvalue weighted by molar-refractivity contribution is -0.386. The van der Waals surface area contributed by atoms with Crippen LogP contribution in [0.1, 0.15) is 34.9 Å². The van der Waals surface area contributed by atoms with Crippen LogP contribution >= 0.6 is 22.9 Å². The largest absolute Gasteiger partial charge is 0.313 e. The summed E-state index contributed by atoms with van der Waals surface area (Å²) in [5.41, 5.74) is 1.86. The quantitative estimate of drug-likeness (QED) is 0.320. The van der Waals surface area contributed by atoms with Gasteiger partial charge >= 0.3 is 5.69 Å². The second kappa shape index (κ2) is 8.44. The van der Waals surface area contributed by atoms with Crippen LogP contribution in [0, 0.1) is 24.0 Å². The van der Waals surface area contributed by atoms with Crippen molar-refractivity contribution in [3.63, 3.8) is 0 Å². The van der Waals surface area contributed by atoms with Gasteiger partial charge in [-0.25, -0.2) is 0 Å². The Balaban J connectivity index is 1.48. The lowest BCUT2D eigenvalue weighted by Gasteiger charge is -2.09. The van der Waals surface area contributed by atoms with Crippen LogP contribution in [-0.4, -0.2) is 34.7 Å². The second-order valence-corrected chi connectivity index (χ2v) is 8.37. The fourth-order valence-corrected chi connectivity index (χ4v) is 4.26. The highest BCUT2D eigenvalue weighted by atomic mass is 35.5. The first kappa shape index (κ1) is 20.9. The summed E-state index contributed by atoms with van der Waals surface area (Å²) < 4.78 is 3.39. The van der Waals surface area contributed by atoms with Crippen molar-refractivity contribution in [1.29, 1.82) is 0 Å². The zero-order valence-electron chi connectivity index (χ0n) is 17.0. The van der Waals surface area contributed by atoms with Gasteiger partial charge < -0.3 is 5.32 Å². The molecule has 4 aromatic rings. The van der Waals surface area contributed by atoms with E-state index < -0.39 is 4.92 Å². The molecule has 4 rings (SSSR count). The van der Waals surface area contributed by atoms with Crippen molar-refractivity contribution in [2.24, 2.45) is 0 Å². The van der Waals surface area contributed by atoms with Crippen LogP contribution in [0.4, 0.5) is 16.6 Å². The van der Waals surface area contributed by atoms with Gasteiger partial charge in [-0.3, -0.25) is 19.5 Å². The molecule has 0 bridgehead atoms. The Morgan fingerprint density at radius 1 is 1.23 bits per heavy atom. The minimum atomic E-state index is -0.410. The van der Waals surface area contributed by atoms with Crippen LogP contribution in [0.25, 0.3) is 0 Å². The van der Waals surface area contributed by atoms with Gasteiger partial charge in [-0.15, -0.1) is 10.2 Å². The predicted molar refractivity (Wildman–Crippen MR) is 118 cm³/mol. The topological polar surface area (TPSA) is 117 Å². The van der Waals surface area contributed by atoms with Crippen molar-refractivity contribution in [2.75, 3.05) is 5.32 Å². The van der Waals surface area contributed by atoms with Gasteiger partial charge in [-0.2, -0.15) is 10.2 Å². The monoisotopic (exact) mass is 458 g/mol. The van der Waals surface area contributed by atoms with Crippen LogP contribution in [0.5, 0.6) is 0 Å². The van der Waals surface area contributed by atoms with Crippen LogP contribution < -0.4 is 5.32 Å². The molecule has 1 atom stereocenters. The van der Waals surface area contributed by atoms with Gasteiger partial charge in [0.25, 0.3) is 0 Å². The molecular formula is C19H19ClN8O2S. The number of benzene rings is 1. The molecule has 12 heteroatoms. The number of nitrogens with zero attached hydrogens (tertiary/aromatic N) is 7. The van der Waals surface area contributed by atoms with Gasteiger partial charge in [0.05, 0.1) is 11.5 Å². The van der Waals surface area contributed by atoms with Crippen LogP contribution in [-0.2, 0) is 6.54 Å². The average molecular weight is 459 g/mol. The lowest BCUT2D eigenvalue weighted by atomic mass is 10.2. The zero-order chi connectivity index (χ0) is 22.1. The van der Waals surface area contributed by atoms with Crippen molar-refractivity contribution >= 4 is 39.6 Å². The summed E-state index contributed by atoms with van der Waals surface area (Å²) in [5, 5.41) is 33.6. The summed E-state index contributed by atoms with van der Waals surface area (Å²) in [6.07, 6.45) is 1.85. The first-order chi connectivity index (χ1) is 14.8. The van der Waals surface area contributed by atoms with E-state index in [0.717, 1.165) is 5.56 Å². The van der Waals surface area contributed by atoms with E-state index in [2.05, 4.69) is 25.7 Å². The number of hydrogen-bond acceptors (Lipinski definition) is 8. The van der Waals surface area contributed by atoms with Crippen LogP contribution in [0.3, 0.4) is 0 Å². The number of halogens is 1. The number of rotatable bonds is 7. The maximum atomic E-state index is 11.3. The molecule has 0 unspecified atom stereocenters. The molecule has 1 N–H and O–H groups in total. The molecule has 0 aliphatic heterocycles. The third-order valence-corrected chi connectivity index (χ3v) is 6.18. The SMILES string of the molecule is Cc1nn([C@H](C)c2nnc(Nc3ccn(Cc4ccccc4Cl)n3)s2)c(C)c1[N+](=O)[O-]. The molecule has 3 heterocycles. The van der Waals surface area contributed by atoms with Crippen molar-refractivity contribution < 1.29 is 4.92 Å². The summed E-state index contributed by atoms with van der Waals surface area (Å²) in [6, 6.07) is 9.18. The molecule has 0 fully saturated rings. The molecular weight excluding hydrogens is 440 g/mol. The Kier molecular flexibility index (Phi) is 5.70. The highest BCUT2D eigenvalue weighted by Gasteiger charge is 2.26. The normalized spacial score (nSPS) is 12.1. The third-order valence-electron chi connectivity index (χ3n) is 4.80. The smallest absolute Gasteiger partial charge is 0.312 e. The number of aryl methyl sites for hydroxylation is 1. The molecule has 0 amide bonds. The van der Waals surface area contributed by atoms with E-state index in [1.807, 2.05) is 43.5 Å². The number of aromatic nitrogens is 6. The van der Waals surface area contributed by atoms with Crippen molar-refractivity contribution in [1.82, 2.24) is 29.8 Å². The molecule has 0 radical (unpaired) electrons. The molecule has 1 aromatic carbocycles. The van der Waals surface area contributed by atoms with E-state index in [4.69, 9.17) is 11.6 Å². The zero-order valence-corrected chi connectivity index (χ0v) is 18.6. The molecule has 0 aliphatic rings. The Labute approximate surface area is 186 Å². The molecule has 0 spiro atoms.